The molecular formula is C28H38O3. The van der Waals surface area contributed by atoms with Gasteiger partial charge in [-0.3, -0.25) is 0 Å². The molecule has 0 aromatic heterocycles. The van der Waals surface area contributed by atoms with Crippen LogP contribution in [0.3, 0.4) is 0 Å². The monoisotopic (exact) mass is 422 g/mol. The smallest absolute Gasteiger partial charge is 0.0851 e. The summed E-state index contributed by atoms with van der Waals surface area (Å²) in [5.74, 6) is 0. The highest BCUT2D eigenvalue weighted by atomic mass is 16.3. The number of benzene rings is 2. The Hall–Kier alpha value is -2.20. The Kier molecular flexibility index (Phi) is 9.70. The van der Waals surface area contributed by atoms with E-state index in [1.54, 1.807) is 0 Å². The average Bonchev–Trinajstić information content (AvgIpc) is 2.82. The van der Waals surface area contributed by atoms with E-state index < -0.39 is 5.60 Å². The molecule has 0 spiro atoms. The highest BCUT2D eigenvalue weighted by Crippen LogP contribution is 2.26. The normalized spacial score (nSPS) is 13.0. The fraction of sp³-hybridized carbons (Fsp3) is 0.429. The Labute approximate surface area is 187 Å². The molecule has 0 saturated carbocycles. The fourth-order valence-electron chi connectivity index (χ4n) is 3.96. The topological polar surface area (TPSA) is 60.7 Å². The zero-order valence-electron chi connectivity index (χ0n) is 19.5. The molecule has 0 heterocycles. The SMILES string of the molecule is CC/C(=C/C=C(\C)C(O)(CC)CC)c1cccc(CCc2ccc(CO)c(CO)c2)c1. The molecule has 168 valence electrons. The number of allylic oxidation sites excluding steroid dienone is 3. The van der Waals surface area contributed by atoms with E-state index in [-0.39, 0.29) is 13.2 Å². The summed E-state index contributed by atoms with van der Waals surface area (Å²) in [7, 11) is 0. The highest BCUT2D eigenvalue weighted by Gasteiger charge is 2.23. The number of hydrogen-bond donors (Lipinski definition) is 3. The Morgan fingerprint density at radius 1 is 0.839 bits per heavy atom. The summed E-state index contributed by atoms with van der Waals surface area (Å²) in [6, 6.07) is 14.6. The van der Waals surface area contributed by atoms with Crippen molar-refractivity contribution in [1.82, 2.24) is 0 Å². The summed E-state index contributed by atoms with van der Waals surface area (Å²) in [5.41, 5.74) is 6.76. The average molecular weight is 423 g/mol. The minimum atomic E-state index is -0.726. The lowest BCUT2D eigenvalue weighted by Gasteiger charge is -2.26. The van der Waals surface area contributed by atoms with Gasteiger partial charge in [0, 0.05) is 0 Å². The molecule has 0 aliphatic rings. The van der Waals surface area contributed by atoms with E-state index in [0.29, 0.717) is 12.8 Å². The van der Waals surface area contributed by atoms with Gasteiger partial charge < -0.3 is 15.3 Å². The van der Waals surface area contributed by atoms with Crippen molar-refractivity contribution >= 4 is 5.57 Å². The van der Waals surface area contributed by atoms with Crippen LogP contribution in [0, 0.1) is 0 Å². The Balaban J connectivity index is 2.18. The van der Waals surface area contributed by atoms with E-state index in [1.165, 1.54) is 16.7 Å². The van der Waals surface area contributed by atoms with Crippen LogP contribution < -0.4 is 0 Å². The van der Waals surface area contributed by atoms with Gasteiger partial charge in [0.05, 0.1) is 18.8 Å². The summed E-state index contributed by atoms with van der Waals surface area (Å²) in [6.45, 7) is 8.11. The summed E-state index contributed by atoms with van der Waals surface area (Å²) in [6.07, 6.45) is 8.36. The number of hydrogen-bond acceptors (Lipinski definition) is 3. The zero-order chi connectivity index (χ0) is 22.9. The second-order valence-electron chi connectivity index (χ2n) is 8.25. The molecule has 0 unspecified atom stereocenters. The Morgan fingerprint density at radius 3 is 2.06 bits per heavy atom. The molecule has 3 nitrogen and oxygen atoms in total. The van der Waals surface area contributed by atoms with Crippen LogP contribution in [0.1, 0.15) is 74.8 Å². The third-order valence-electron chi connectivity index (χ3n) is 6.43. The van der Waals surface area contributed by atoms with E-state index in [0.717, 1.165) is 41.5 Å². The van der Waals surface area contributed by atoms with Crippen molar-refractivity contribution in [2.24, 2.45) is 0 Å². The molecule has 0 aliphatic heterocycles. The lowest BCUT2D eigenvalue weighted by molar-refractivity contribution is 0.0702. The highest BCUT2D eigenvalue weighted by molar-refractivity contribution is 5.67. The number of rotatable bonds is 11. The maximum atomic E-state index is 10.7. The standard InChI is InChI=1S/C28H38O3/c1-5-24(15-11-21(4)28(31,6-2)7-3)25-10-8-9-22(17-25)12-13-23-14-16-26(19-29)27(18-23)20-30/h8-11,14-18,29-31H,5-7,12-13,19-20H2,1-4H3/b21-11+,24-15-. The van der Waals surface area contributed by atoms with E-state index in [9.17, 15) is 15.3 Å². The lowest BCUT2D eigenvalue weighted by atomic mass is 9.88. The van der Waals surface area contributed by atoms with Crippen molar-refractivity contribution in [3.63, 3.8) is 0 Å². The van der Waals surface area contributed by atoms with Crippen molar-refractivity contribution in [1.29, 1.82) is 0 Å². The molecule has 0 amide bonds. The molecule has 0 radical (unpaired) electrons. The molecule has 2 aromatic carbocycles. The van der Waals surface area contributed by atoms with E-state index in [4.69, 9.17) is 0 Å². The second kappa shape index (κ2) is 12.0. The number of aliphatic hydroxyl groups is 3. The van der Waals surface area contributed by atoms with Crippen molar-refractivity contribution < 1.29 is 15.3 Å². The minimum absolute atomic E-state index is 0.0494. The van der Waals surface area contributed by atoms with Crippen molar-refractivity contribution in [2.45, 2.75) is 78.6 Å². The molecule has 0 fully saturated rings. The first-order valence-electron chi connectivity index (χ1n) is 11.4. The fourth-order valence-corrected chi connectivity index (χ4v) is 3.96. The maximum absolute atomic E-state index is 10.7. The van der Waals surface area contributed by atoms with Gasteiger partial charge in [0.2, 0.25) is 0 Å². The predicted molar refractivity (Wildman–Crippen MR) is 130 cm³/mol. The van der Waals surface area contributed by atoms with E-state index >= 15 is 0 Å². The zero-order valence-corrected chi connectivity index (χ0v) is 19.5. The van der Waals surface area contributed by atoms with Crippen LogP contribution >= 0.6 is 0 Å². The molecule has 2 rings (SSSR count). The summed E-state index contributed by atoms with van der Waals surface area (Å²) >= 11 is 0. The van der Waals surface area contributed by atoms with Crippen LogP contribution in [0.15, 0.2) is 60.2 Å². The van der Waals surface area contributed by atoms with Gasteiger partial charge >= 0.3 is 0 Å². The largest absolute Gasteiger partial charge is 0.392 e. The second-order valence-corrected chi connectivity index (χ2v) is 8.25. The van der Waals surface area contributed by atoms with Crippen molar-refractivity contribution in [3.8, 4) is 0 Å². The quantitative estimate of drug-likeness (QED) is 0.404. The molecule has 3 N–H and O–H groups in total. The first kappa shape index (κ1) is 25.1. The molecule has 0 atom stereocenters. The minimum Gasteiger partial charge on any atom is -0.392 e. The van der Waals surface area contributed by atoms with Gasteiger partial charge in [0.1, 0.15) is 0 Å². The lowest BCUT2D eigenvalue weighted by Crippen LogP contribution is -2.27. The van der Waals surface area contributed by atoms with Crippen molar-refractivity contribution in [2.75, 3.05) is 0 Å². The third-order valence-corrected chi connectivity index (χ3v) is 6.43. The third kappa shape index (κ3) is 6.64. The molecule has 0 bridgehead atoms. The summed E-state index contributed by atoms with van der Waals surface area (Å²) < 4.78 is 0. The number of aryl methyl sites for hydroxylation is 2. The van der Waals surface area contributed by atoms with E-state index in [1.807, 2.05) is 39.0 Å². The van der Waals surface area contributed by atoms with Crippen LogP contribution in [-0.2, 0) is 26.1 Å². The molecule has 31 heavy (non-hydrogen) atoms. The van der Waals surface area contributed by atoms with Gasteiger partial charge in [-0.15, -0.1) is 0 Å². The van der Waals surface area contributed by atoms with E-state index in [2.05, 4.69) is 43.3 Å². The van der Waals surface area contributed by atoms with Crippen LogP contribution in [0.2, 0.25) is 0 Å². The number of aliphatic hydroxyl groups excluding tert-OH is 2. The maximum Gasteiger partial charge on any atom is 0.0851 e. The van der Waals surface area contributed by atoms with Gasteiger partial charge in [-0.05, 0) is 78.0 Å². The van der Waals surface area contributed by atoms with Crippen LogP contribution in [0.25, 0.3) is 5.57 Å². The first-order valence-corrected chi connectivity index (χ1v) is 11.4. The van der Waals surface area contributed by atoms with Crippen LogP contribution in [0.4, 0.5) is 0 Å². The molecule has 3 heteroatoms. The van der Waals surface area contributed by atoms with Gasteiger partial charge in [0.25, 0.3) is 0 Å². The van der Waals surface area contributed by atoms with Gasteiger partial charge in [0.15, 0.2) is 0 Å². The van der Waals surface area contributed by atoms with Crippen LogP contribution in [-0.4, -0.2) is 20.9 Å². The van der Waals surface area contributed by atoms with Crippen molar-refractivity contribution in [3.05, 3.63) is 88.0 Å². The Bertz CT molecular complexity index is 904. The molecular weight excluding hydrogens is 384 g/mol. The van der Waals surface area contributed by atoms with Gasteiger partial charge in [-0.25, -0.2) is 0 Å². The van der Waals surface area contributed by atoms with Crippen LogP contribution in [0.5, 0.6) is 0 Å². The molecule has 2 aromatic rings. The Morgan fingerprint density at radius 2 is 1.48 bits per heavy atom. The summed E-state index contributed by atoms with van der Waals surface area (Å²) in [5, 5.41) is 29.6. The first-order chi connectivity index (χ1) is 14.9. The molecule has 0 aliphatic carbocycles. The van der Waals surface area contributed by atoms with Gasteiger partial charge in [-0.1, -0.05) is 75.4 Å². The predicted octanol–water partition coefficient (Wildman–Crippen LogP) is 5.75. The van der Waals surface area contributed by atoms with Gasteiger partial charge in [-0.2, -0.15) is 0 Å². The molecule has 0 saturated heterocycles. The summed E-state index contributed by atoms with van der Waals surface area (Å²) in [4.78, 5) is 0.